The molecule has 1 atom stereocenters. The summed E-state index contributed by atoms with van der Waals surface area (Å²) in [6.07, 6.45) is 3.44. The summed E-state index contributed by atoms with van der Waals surface area (Å²) in [5.74, 6) is 0.767. The van der Waals surface area contributed by atoms with Gasteiger partial charge in [-0.3, -0.25) is 0 Å². The Hall–Kier alpha value is -0.730. The summed E-state index contributed by atoms with van der Waals surface area (Å²) >= 11 is 0. The van der Waals surface area contributed by atoms with E-state index in [1.807, 2.05) is 0 Å². The molecule has 1 unspecified atom stereocenters. The molecule has 1 N–H and O–H groups in total. The maximum atomic E-state index is 8.09. The molecule has 74 valence electrons. The first-order valence-electron chi connectivity index (χ1n) is 4.90. The lowest BCUT2D eigenvalue weighted by Gasteiger charge is -2.17. The van der Waals surface area contributed by atoms with E-state index in [0.29, 0.717) is 12.1 Å². The second-order valence-corrected chi connectivity index (χ2v) is 4.43. The van der Waals surface area contributed by atoms with Crippen LogP contribution in [0.4, 0.5) is 0 Å². The third kappa shape index (κ3) is 3.66. The highest BCUT2D eigenvalue weighted by Gasteiger charge is 2.29. The molecule has 0 aliphatic carbocycles. The Balaban J connectivity index is 2.14. The second kappa shape index (κ2) is 4.49. The highest BCUT2D eigenvalue weighted by molar-refractivity contribution is 4.89. The van der Waals surface area contributed by atoms with Gasteiger partial charge in [0.15, 0.2) is 0 Å². The molecular formula is C9H18N4. The van der Waals surface area contributed by atoms with Crippen LogP contribution in [0, 0.1) is 5.92 Å². The number of nitrogens with one attached hydrogen (secondary N) is 1. The minimum Gasteiger partial charge on any atom is -0.312 e. The van der Waals surface area contributed by atoms with E-state index < -0.39 is 0 Å². The van der Waals surface area contributed by atoms with Crippen molar-refractivity contribution in [3.8, 4) is 0 Å². The molecule has 0 bridgehead atoms. The van der Waals surface area contributed by atoms with Gasteiger partial charge in [0.2, 0.25) is 0 Å². The Kier molecular flexibility index (Phi) is 3.58. The molecule has 1 fully saturated rings. The third-order valence-corrected chi connectivity index (χ3v) is 2.60. The number of hydrogen-bond acceptors (Lipinski definition) is 2. The largest absolute Gasteiger partial charge is 0.312 e. The van der Waals surface area contributed by atoms with E-state index in [1.165, 1.54) is 12.8 Å². The van der Waals surface area contributed by atoms with E-state index in [-0.39, 0.29) is 0 Å². The number of azide groups is 1. The monoisotopic (exact) mass is 182 g/mol. The Labute approximate surface area is 79.3 Å². The van der Waals surface area contributed by atoms with Crippen LogP contribution < -0.4 is 5.32 Å². The summed E-state index contributed by atoms with van der Waals surface area (Å²) < 4.78 is 0. The molecule has 1 saturated heterocycles. The van der Waals surface area contributed by atoms with E-state index in [9.17, 15) is 0 Å². The summed E-state index contributed by atoms with van der Waals surface area (Å²) in [5.41, 5.74) is 8.40. The molecule has 4 heteroatoms. The summed E-state index contributed by atoms with van der Waals surface area (Å²) in [6, 6.07) is 0. The first-order chi connectivity index (χ1) is 6.14. The second-order valence-electron chi connectivity index (χ2n) is 4.43. The zero-order chi connectivity index (χ0) is 9.73. The SMILES string of the molecule is CC1(C)CC(CCCN=[N+]=[N-])CN1. The molecule has 0 aromatic rings. The van der Waals surface area contributed by atoms with Gasteiger partial charge in [-0.05, 0) is 51.1 Å². The molecule has 0 aromatic carbocycles. The molecule has 1 rings (SSSR count). The third-order valence-electron chi connectivity index (χ3n) is 2.60. The first-order valence-corrected chi connectivity index (χ1v) is 4.90. The van der Waals surface area contributed by atoms with Gasteiger partial charge in [0.25, 0.3) is 0 Å². The quantitative estimate of drug-likeness (QED) is 0.309. The molecule has 4 nitrogen and oxygen atoms in total. The fourth-order valence-electron chi connectivity index (χ4n) is 1.99. The van der Waals surface area contributed by atoms with Crippen LogP contribution >= 0.6 is 0 Å². The fraction of sp³-hybridized carbons (Fsp3) is 1.00. The van der Waals surface area contributed by atoms with Crippen molar-refractivity contribution in [2.45, 2.75) is 38.6 Å². The van der Waals surface area contributed by atoms with Crippen LogP contribution in [0.1, 0.15) is 33.1 Å². The van der Waals surface area contributed by atoms with Crippen LogP contribution in [0.2, 0.25) is 0 Å². The van der Waals surface area contributed by atoms with Crippen LogP contribution in [-0.4, -0.2) is 18.6 Å². The Morgan fingerprint density at radius 1 is 1.62 bits per heavy atom. The van der Waals surface area contributed by atoms with Gasteiger partial charge in [-0.2, -0.15) is 0 Å². The number of nitrogens with zero attached hydrogens (tertiary/aromatic N) is 3. The lowest BCUT2D eigenvalue weighted by Crippen LogP contribution is -2.31. The minimum atomic E-state index is 0.309. The molecule has 0 saturated carbocycles. The topological polar surface area (TPSA) is 60.8 Å². The summed E-state index contributed by atoms with van der Waals surface area (Å²) in [6.45, 7) is 6.23. The van der Waals surface area contributed by atoms with Crippen molar-refractivity contribution in [2.24, 2.45) is 11.0 Å². The zero-order valence-corrected chi connectivity index (χ0v) is 8.45. The van der Waals surface area contributed by atoms with Crippen LogP contribution in [-0.2, 0) is 0 Å². The standard InChI is InChI=1S/C9H18N4/c1-9(2)6-8(7-11-9)4-3-5-12-13-10/h8,11H,3-7H2,1-2H3. The van der Waals surface area contributed by atoms with E-state index in [1.54, 1.807) is 0 Å². The fourth-order valence-corrected chi connectivity index (χ4v) is 1.99. The predicted molar refractivity (Wildman–Crippen MR) is 53.4 cm³/mol. The van der Waals surface area contributed by atoms with Crippen molar-refractivity contribution < 1.29 is 0 Å². The maximum Gasteiger partial charge on any atom is 0.0258 e. The molecule has 0 spiro atoms. The highest BCUT2D eigenvalue weighted by atomic mass is 15.1. The van der Waals surface area contributed by atoms with E-state index in [2.05, 4.69) is 29.2 Å². The van der Waals surface area contributed by atoms with Crippen LogP contribution in [0.5, 0.6) is 0 Å². The van der Waals surface area contributed by atoms with E-state index in [4.69, 9.17) is 5.53 Å². The molecule has 0 aromatic heterocycles. The normalized spacial score (nSPS) is 25.5. The van der Waals surface area contributed by atoms with Crippen molar-refractivity contribution in [2.75, 3.05) is 13.1 Å². The molecule has 1 aliphatic rings. The highest BCUT2D eigenvalue weighted by Crippen LogP contribution is 2.26. The van der Waals surface area contributed by atoms with Crippen molar-refractivity contribution in [3.05, 3.63) is 10.4 Å². The minimum absolute atomic E-state index is 0.309. The molecular weight excluding hydrogens is 164 g/mol. The van der Waals surface area contributed by atoms with Crippen LogP contribution in [0.15, 0.2) is 5.11 Å². The summed E-state index contributed by atoms with van der Waals surface area (Å²) in [7, 11) is 0. The number of rotatable bonds is 4. The smallest absolute Gasteiger partial charge is 0.0258 e. The Bertz CT molecular complexity index is 206. The van der Waals surface area contributed by atoms with Gasteiger partial charge in [0.1, 0.15) is 0 Å². The van der Waals surface area contributed by atoms with Gasteiger partial charge in [0, 0.05) is 17.0 Å². The van der Waals surface area contributed by atoms with Crippen molar-refractivity contribution in [1.29, 1.82) is 0 Å². The van der Waals surface area contributed by atoms with E-state index in [0.717, 1.165) is 18.9 Å². The van der Waals surface area contributed by atoms with Crippen LogP contribution in [0.3, 0.4) is 0 Å². The average Bonchev–Trinajstić information content (AvgIpc) is 2.40. The van der Waals surface area contributed by atoms with Gasteiger partial charge in [0.05, 0.1) is 0 Å². The lowest BCUT2D eigenvalue weighted by atomic mass is 9.94. The molecule has 1 aliphatic heterocycles. The number of hydrogen-bond donors (Lipinski definition) is 1. The summed E-state index contributed by atoms with van der Waals surface area (Å²) in [5, 5.41) is 7.01. The van der Waals surface area contributed by atoms with Gasteiger partial charge in [-0.25, -0.2) is 0 Å². The molecule has 1 heterocycles. The van der Waals surface area contributed by atoms with Crippen molar-refractivity contribution >= 4 is 0 Å². The van der Waals surface area contributed by atoms with E-state index >= 15 is 0 Å². The molecule has 0 amide bonds. The maximum absolute atomic E-state index is 8.09. The Morgan fingerprint density at radius 3 is 2.92 bits per heavy atom. The van der Waals surface area contributed by atoms with Crippen molar-refractivity contribution in [3.63, 3.8) is 0 Å². The van der Waals surface area contributed by atoms with Gasteiger partial charge < -0.3 is 5.32 Å². The van der Waals surface area contributed by atoms with Gasteiger partial charge >= 0.3 is 0 Å². The van der Waals surface area contributed by atoms with Gasteiger partial charge in [-0.15, -0.1) is 0 Å². The zero-order valence-electron chi connectivity index (χ0n) is 8.45. The molecule has 0 radical (unpaired) electrons. The van der Waals surface area contributed by atoms with Crippen LogP contribution in [0.25, 0.3) is 10.4 Å². The predicted octanol–water partition coefficient (Wildman–Crippen LogP) is 2.46. The molecule has 13 heavy (non-hydrogen) atoms. The lowest BCUT2D eigenvalue weighted by molar-refractivity contribution is 0.429. The van der Waals surface area contributed by atoms with Crippen molar-refractivity contribution in [1.82, 2.24) is 5.32 Å². The van der Waals surface area contributed by atoms with Gasteiger partial charge in [-0.1, -0.05) is 5.11 Å². The average molecular weight is 182 g/mol. The Morgan fingerprint density at radius 2 is 2.38 bits per heavy atom. The first kappa shape index (κ1) is 10.4. The summed E-state index contributed by atoms with van der Waals surface area (Å²) in [4.78, 5) is 2.74.